The molecule has 0 aliphatic carbocycles. The maximum Gasteiger partial charge on any atom is 0.130 e. The normalized spacial score (nSPS) is 13.6. The zero-order valence-corrected chi connectivity index (χ0v) is 16.8. The smallest absolute Gasteiger partial charge is 0.130 e. The van der Waals surface area contributed by atoms with Gasteiger partial charge in [0, 0.05) is 20.9 Å². The molecule has 0 aliphatic heterocycles. The third kappa shape index (κ3) is 3.29. The predicted octanol–water partition coefficient (Wildman–Crippen LogP) is 5.56. The Morgan fingerprint density at radius 3 is 2.30 bits per heavy atom. The molecule has 4 aromatic rings. The Bertz CT molecular complexity index is 1090. The van der Waals surface area contributed by atoms with Gasteiger partial charge in [0.25, 0.3) is 0 Å². The largest absolute Gasteiger partial charge is 0.497 e. The van der Waals surface area contributed by atoms with E-state index in [9.17, 15) is 5.11 Å². The Hall–Kier alpha value is -2.50. The van der Waals surface area contributed by atoms with Crippen LogP contribution in [0.4, 0.5) is 5.69 Å². The number of anilines is 1. The summed E-state index contributed by atoms with van der Waals surface area (Å²) < 4.78 is 8.60. The number of hydrogen-bond acceptors (Lipinski definition) is 3. The molecule has 0 spiro atoms. The van der Waals surface area contributed by atoms with E-state index < -0.39 is 6.10 Å². The first kappa shape index (κ1) is 17.9. The van der Waals surface area contributed by atoms with Crippen LogP contribution < -0.4 is 10.1 Å². The molecule has 2 N–H and O–H groups in total. The lowest BCUT2D eigenvalue weighted by molar-refractivity contribution is 0.147. The number of para-hydroxylation sites is 1. The Morgan fingerprint density at radius 1 is 0.963 bits per heavy atom. The van der Waals surface area contributed by atoms with Crippen LogP contribution in [-0.4, -0.2) is 22.9 Å². The molecular weight excluding hydrogens is 404 g/mol. The standard InChI is InChI=1S/C22H21BrN2O2/c1-14(26)22(24-16-6-4-3-5-7-16)25-20-10-8-15(23)12-18(20)19-13-17(27-2)9-11-21(19)25/h3-14,22,24,26H,1-2H3. The van der Waals surface area contributed by atoms with Crippen LogP contribution >= 0.6 is 15.9 Å². The van der Waals surface area contributed by atoms with E-state index in [2.05, 4.69) is 37.9 Å². The number of rotatable bonds is 5. The highest BCUT2D eigenvalue weighted by molar-refractivity contribution is 9.10. The second kappa shape index (κ2) is 7.25. The molecule has 1 heterocycles. The van der Waals surface area contributed by atoms with Gasteiger partial charge in [-0.15, -0.1) is 0 Å². The summed E-state index contributed by atoms with van der Waals surface area (Å²) in [4.78, 5) is 0. The minimum absolute atomic E-state index is 0.318. The van der Waals surface area contributed by atoms with E-state index in [0.717, 1.165) is 37.7 Å². The summed E-state index contributed by atoms with van der Waals surface area (Å²) in [6, 6.07) is 22.2. The first-order valence-corrected chi connectivity index (χ1v) is 9.64. The van der Waals surface area contributed by atoms with E-state index in [1.165, 1.54) is 0 Å². The lowest BCUT2D eigenvalue weighted by atomic mass is 10.1. The number of halogens is 1. The minimum Gasteiger partial charge on any atom is -0.497 e. The molecule has 0 fully saturated rings. The van der Waals surface area contributed by atoms with E-state index in [0.29, 0.717) is 0 Å². The maximum atomic E-state index is 10.6. The molecule has 2 atom stereocenters. The van der Waals surface area contributed by atoms with Gasteiger partial charge in [-0.25, -0.2) is 0 Å². The van der Waals surface area contributed by atoms with Crippen molar-refractivity contribution in [1.29, 1.82) is 0 Å². The third-order valence-electron chi connectivity index (χ3n) is 4.80. The van der Waals surface area contributed by atoms with Crippen LogP contribution in [0.1, 0.15) is 13.1 Å². The highest BCUT2D eigenvalue weighted by atomic mass is 79.9. The van der Waals surface area contributed by atoms with Crippen molar-refractivity contribution in [2.75, 3.05) is 12.4 Å². The highest BCUT2D eigenvalue weighted by Gasteiger charge is 2.22. The summed E-state index contributed by atoms with van der Waals surface area (Å²) in [5.74, 6) is 0.811. The fourth-order valence-electron chi connectivity index (χ4n) is 3.54. The summed E-state index contributed by atoms with van der Waals surface area (Å²) in [6.45, 7) is 1.81. The molecule has 0 amide bonds. The van der Waals surface area contributed by atoms with Crippen molar-refractivity contribution in [3.8, 4) is 5.75 Å². The second-order valence-corrected chi connectivity index (χ2v) is 7.53. The zero-order valence-electron chi connectivity index (χ0n) is 15.2. The van der Waals surface area contributed by atoms with Gasteiger partial charge < -0.3 is 19.7 Å². The number of methoxy groups -OCH3 is 1. The third-order valence-corrected chi connectivity index (χ3v) is 5.29. The Kier molecular flexibility index (Phi) is 4.81. The van der Waals surface area contributed by atoms with Crippen molar-refractivity contribution < 1.29 is 9.84 Å². The zero-order chi connectivity index (χ0) is 19.0. The van der Waals surface area contributed by atoms with Crippen LogP contribution in [0.3, 0.4) is 0 Å². The highest BCUT2D eigenvalue weighted by Crippen LogP contribution is 2.36. The molecule has 138 valence electrons. The van der Waals surface area contributed by atoms with Crippen molar-refractivity contribution in [2.45, 2.75) is 19.2 Å². The van der Waals surface area contributed by atoms with Crippen molar-refractivity contribution >= 4 is 43.4 Å². The molecule has 0 saturated carbocycles. The first-order chi connectivity index (χ1) is 13.1. The van der Waals surface area contributed by atoms with Gasteiger partial charge in [-0.1, -0.05) is 34.1 Å². The number of nitrogens with zero attached hydrogens (tertiary/aromatic N) is 1. The molecule has 0 bridgehead atoms. The number of aromatic nitrogens is 1. The fourth-order valence-corrected chi connectivity index (χ4v) is 3.90. The van der Waals surface area contributed by atoms with Crippen LogP contribution in [0.25, 0.3) is 21.8 Å². The summed E-state index contributed by atoms with van der Waals surface area (Å²) >= 11 is 3.58. The predicted molar refractivity (Wildman–Crippen MR) is 114 cm³/mol. The SMILES string of the molecule is COc1ccc2c(c1)c1cc(Br)ccc1n2C(Nc1ccccc1)C(C)O. The molecule has 4 rings (SSSR count). The van der Waals surface area contributed by atoms with E-state index in [-0.39, 0.29) is 6.17 Å². The molecule has 3 aromatic carbocycles. The Balaban J connectivity index is 1.97. The molecule has 5 heteroatoms. The average molecular weight is 425 g/mol. The van der Waals surface area contributed by atoms with E-state index in [1.54, 1.807) is 14.0 Å². The van der Waals surface area contributed by atoms with E-state index >= 15 is 0 Å². The van der Waals surface area contributed by atoms with Crippen LogP contribution in [0, 0.1) is 0 Å². The van der Waals surface area contributed by atoms with Gasteiger partial charge >= 0.3 is 0 Å². The molecule has 27 heavy (non-hydrogen) atoms. The molecular formula is C22H21BrN2O2. The number of aliphatic hydroxyl groups excluding tert-OH is 1. The number of hydrogen-bond donors (Lipinski definition) is 2. The number of aliphatic hydroxyl groups is 1. The first-order valence-electron chi connectivity index (χ1n) is 8.85. The summed E-state index contributed by atoms with van der Waals surface area (Å²) in [5.41, 5.74) is 3.05. The van der Waals surface area contributed by atoms with E-state index in [1.807, 2.05) is 54.6 Å². The van der Waals surface area contributed by atoms with Gasteiger partial charge in [0.15, 0.2) is 0 Å². The van der Waals surface area contributed by atoms with Gasteiger partial charge in [-0.05, 0) is 55.5 Å². The molecule has 1 aromatic heterocycles. The number of fused-ring (bicyclic) bond motifs is 3. The Morgan fingerprint density at radius 2 is 1.63 bits per heavy atom. The number of ether oxygens (including phenoxy) is 1. The van der Waals surface area contributed by atoms with Gasteiger partial charge in [0.05, 0.1) is 24.2 Å². The number of benzene rings is 3. The quantitative estimate of drug-likeness (QED) is 0.440. The van der Waals surface area contributed by atoms with Crippen molar-refractivity contribution in [1.82, 2.24) is 4.57 Å². The van der Waals surface area contributed by atoms with Crippen molar-refractivity contribution in [3.63, 3.8) is 0 Å². The summed E-state index contributed by atoms with van der Waals surface area (Å²) in [5, 5.41) is 16.3. The molecule has 0 aliphatic rings. The van der Waals surface area contributed by atoms with Gasteiger partial charge in [0.2, 0.25) is 0 Å². The monoisotopic (exact) mass is 424 g/mol. The second-order valence-electron chi connectivity index (χ2n) is 6.61. The maximum absolute atomic E-state index is 10.6. The minimum atomic E-state index is -0.602. The van der Waals surface area contributed by atoms with Gasteiger partial charge in [0.1, 0.15) is 11.9 Å². The lowest BCUT2D eigenvalue weighted by Crippen LogP contribution is -2.28. The molecule has 0 saturated heterocycles. The average Bonchev–Trinajstić information content (AvgIpc) is 2.99. The summed E-state index contributed by atoms with van der Waals surface area (Å²) in [6.07, 6.45) is -0.920. The van der Waals surface area contributed by atoms with Crippen molar-refractivity contribution in [2.24, 2.45) is 0 Å². The lowest BCUT2D eigenvalue weighted by Gasteiger charge is -2.26. The van der Waals surface area contributed by atoms with Gasteiger partial charge in [-0.3, -0.25) is 0 Å². The molecule has 2 unspecified atom stereocenters. The van der Waals surface area contributed by atoms with Gasteiger partial charge in [-0.2, -0.15) is 0 Å². The van der Waals surface area contributed by atoms with Crippen LogP contribution in [0.15, 0.2) is 71.2 Å². The van der Waals surface area contributed by atoms with Crippen LogP contribution in [0.2, 0.25) is 0 Å². The fraction of sp³-hybridized carbons (Fsp3) is 0.182. The van der Waals surface area contributed by atoms with Crippen LogP contribution in [-0.2, 0) is 0 Å². The number of nitrogens with one attached hydrogen (secondary N) is 1. The van der Waals surface area contributed by atoms with Crippen LogP contribution in [0.5, 0.6) is 5.75 Å². The summed E-state index contributed by atoms with van der Waals surface area (Å²) in [7, 11) is 1.67. The van der Waals surface area contributed by atoms with Crippen molar-refractivity contribution in [3.05, 3.63) is 71.2 Å². The molecule has 0 radical (unpaired) electrons. The molecule has 4 nitrogen and oxygen atoms in total. The van der Waals surface area contributed by atoms with E-state index in [4.69, 9.17) is 4.74 Å². The Labute approximate surface area is 166 Å². The topological polar surface area (TPSA) is 46.4 Å².